The van der Waals surface area contributed by atoms with Gasteiger partial charge in [0.15, 0.2) is 6.10 Å². The summed E-state index contributed by atoms with van der Waals surface area (Å²) in [6.45, 7) is 0. The average molecular weight is 255 g/mol. The van der Waals surface area contributed by atoms with Gasteiger partial charge in [-0.3, -0.25) is 4.79 Å². The number of carboxylic acid groups (broad SMARTS) is 1. The number of carbonyl (C=O) groups is 2. The number of rotatable bonds is 5. The molecule has 7 nitrogen and oxygen atoms in total. The molecule has 0 saturated heterocycles. The fourth-order valence-corrected chi connectivity index (χ4v) is 1.51. The topological polar surface area (TPSA) is 130 Å². The molecule has 0 aliphatic rings. The van der Waals surface area contributed by atoms with Gasteiger partial charge in [-0.2, -0.15) is 0 Å². The highest BCUT2D eigenvalue weighted by atomic mass is 16.5. The SMILES string of the molecule is COc1c(C(=O)O)cccc1C(O)C(O)C(N)=O. The van der Waals surface area contributed by atoms with E-state index in [0.29, 0.717) is 0 Å². The van der Waals surface area contributed by atoms with E-state index in [1.807, 2.05) is 0 Å². The molecule has 2 atom stereocenters. The summed E-state index contributed by atoms with van der Waals surface area (Å²) in [7, 11) is 1.22. The third-order valence-corrected chi connectivity index (χ3v) is 2.39. The lowest BCUT2D eigenvalue weighted by Crippen LogP contribution is -2.34. The highest BCUT2D eigenvalue weighted by molar-refractivity contribution is 5.91. The van der Waals surface area contributed by atoms with Crippen molar-refractivity contribution in [3.05, 3.63) is 29.3 Å². The number of hydrogen-bond donors (Lipinski definition) is 4. The molecular weight excluding hydrogens is 242 g/mol. The smallest absolute Gasteiger partial charge is 0.339 e. The monoisotopic (exact) mass is 255 g/mol. The molecule has 1 rings (SSSR count). The Balaban J connectivity index is 3.28. The zero-order chi connectivity index (χ0) is 13.9. The first-order valence-corrected chi connectivity index (χ1v) is 4.95. The summed E-state index contributed by atoms with van der Waals surface area (Å²) >= 11 is 0. The maximum atomic E-state index is 10.9. The summed E-state index contributed by atoms with van der Waals surface area (Å²) in [5, 5.41) is 28.1. The van der Waals surface area contributed by atoms with Gasteiger partial charge in [-0.1, -0.05) is 12.1 Å². The van der Waals surface area contributed by atoms with Crippen LogP contribution in [0.1, 0.15) is 22.0 Å². The van der Waals surface area contributed by atoms with Gasteiger partial charge < -0.3 is 25.8 Å². The molecule has 0 bridgehead atoms. The molecule has 0 aromatic heterocycles. The van der Waals surface area contributed by atoms with Gasteiger partial charge in [0.1, 0.15) is 17.4 Å². The molecule has 98 valence electrons. The van der Waals surface area contributed by atoms with E-state index in [0.717, 1.165) is 0 Å². The van der Waals surface area contributed by atoms with E-state index in [9.17, 15) is 19.8 Å². The Labute approximate surface area is 102 Å². The van der Waals surface area contributed by atoms with Gasteiger partial charge in [0.2, 0.25) is 5.91 Å². The lowest BCUT2D eigenvalue weighted by atomic mass is 10.00. The van der Waals surface area contributed by atoms with Gasteiger partial charge in [-0.05, 0) is 6.07 Å². The van der Waals surface area contributed by atoms with Crippen molar-refractivity contribution in [3.63, 3.8) is 0 Å². The number of hydrogen-bond acceptors (Lipinski definition) is 5. The van der Waals surface area contributed by atoms with Crippen molar-refractivity contribution in [2.45, 2.75) is 12.2 Å². The Kier molecular flexibility index (Phi) is 4.24. The molecule has 18 heavy (non-hydrogen) atoms. The van der Waals surface area contributed by atoms with E-state index in [4.69, 9.17) is 15.6 Å². The van der Waals surface area contributed by atoms with Crippen molar-refractivity contribution in [1.82, 2.24) is 0 Å². The number of nitrogens with two attached hydrogens (primary N) is 1. The zero-order valence-electron chi connectivity index (χ0n) is 9.53. The van der Waals surface area contributed by atoms with Crippen LogP contribution < -0.4 is 10.5 Å². The lowest BCUT2D eigenvalue weighted by Gasteiger charge is -2.18. The molecule has 1 aromatic carbocycles. The van der Waals surface area contributed by atoms with Crippen LogP contribution in [0.3, 0.4) is 0 Å². The van der Waals surface area contributed by atoms with Crippen molar-refractivity contribution in [2.24, 2.45) is 5.73 Å². The van der Waals surface area contributed by atoms with Gasteiger partial charge in [-0.15, -0.1) is 0 Å². The van der Waals surface area contributed by atoms with Crippen LogP contribution in [0.2, 0.25) is 0 Å². The van der Waals surface area contributed by atoms with Gasteiger partial charge in [-0.25, -0.2) is 4.79 Å². The fraction of sp³-hybridized carbons (Fsp3) is 0.273. The van der Waals surface area contributed by atoms with Gasteiger partial charge >= 0.3 is 5.97 Å². The summed E-state index contributed by atoms with van der Waals surface area (Å²) in [4.78, 5) is 21.7. The molecule has 0 saturated carbocycles. The van der Waals surface area contributed by atoms with E-state index in [1.165, 1.54) is 25.3 Å². The number of benzene rings is 1. The Bertz CT molecular complexity index is 473. The number of amides is 1. The van der Waals surface area contributed by atoms with Crippen LogP contribution in [-0.4, -0.2) is 40.4 Å². The molecule has 0 heterocycles. The maximum absolute atomic E-state index is 10.9. The van der Waals surface area contributed by atoms with Crippen molar-refractivity contribution >= 4 is 11.9 Å². The van der Waals surface area contributed by atoms with E-state index in [1.54, 1.807) is 0 Å². The van der Waals surface area contributed by atoms with Crippen LogP contribution in [0, 0.1) is 0 Å². The number of methoxy groups -OCH3 is 1. The number of aromatic carboxylic acids is 1. The molecule has 0 aliphatic carbocycles. The largest absolute Gasteiger partial charge is 0.495 e. The Morgan fingerprint density at radius 2 is 1.94 bits per heavy atom. The van der Waals surface area contributed by atoms with Crippen LogP contribution in [0.5, 0.6) is 5.75 Å². The molecule has 0 fully saturated rings. The summed E-state index contributed by atoms with van der Waals surface area (Å²) < 4.78 is 4.88. The van der Waals surface area contributed by atoms with E-state index < -0.39 is 24.1 Å². The number of carboxylic acids is 1. The summed E-state index contributed by atoms with van der Waals surface area (Å²) in [6.07, 6.45) is -3.50. The van der Waals surface area contributed by atoms with Crippen LogP contribution in [-0.2, 0) is 4.79 Å². The second kappa shape index (κ2) is 5.48. The van der Waals surface area contributed by atoms with E-state index in [2.05, 4.69) is 0 Å². The van der Waals surface area contributed by atoms with Crippen LogP contribution in [0.15, 0.2) is 18.2 Å². The first-order valence-electron chi connectivity index (χ1n) is 4.95. The second-order valence-electron chi connectivity index (χ2n) is 3.53. The molecular formula is C11H13NO6. The molecule has 0 aliphatic heterocycles. The fourth-order valence-electron chi connectivity index (χ4n) is 1.51. The lowest BCUT2D eigenvalue weighted by molar-refractivity contribution is -0.132. The number of ether oxygens (including phenoxy) is 1. The zero-order valence-corrected chi connectivity index (χ0v) is 9.53. The summed E-state index contributed by atoms with van der Waals surface area (Å²) in [5.74, 6) is -2.50. The number of aliphatic hydroxyl groups excluding tert-OH is 2. The Morgan fingerprint density at radius 3 is 2.39 bits per heavy atom. The Morgan fingerprint density at radius 1 is 1.33 bits per heavy atom. The minimum Gasteiger partial charge on any atom is -0.495 e. The number of primary amides is 1. The molecule has 7 heteroatoms. The van der Waals surface area contributed by atoms with Crippen molar-refractivity contribution in [3.8, 4) is 5.75 Å². The molecule has 1 aromatic rings. The maximum Gasteiger partial charge on any atom is 0.339 e. The molecule has 5 N–H and O–H groups in total. The molecule has 0 spiro atoms. The normalized spacial score (nSPS) is 13.7. The first-order chi connectivity index (χ1) is 8.40. The van der Waals surface area contributed by atoms with Gasteiger partial charge in [0.05, 0.1) is 7.11 Å². The average Bonchev–Trinajstić information content (AvgIpc) is 2.35. The van der Waals surface area contributed by atoms with Gasteiger partial charge in [0, 0.05) is 5.56 Å². The molecule has 1 amide bonds. The second-order valence-corrected chi connectivity index (χ2v) is 3.53. The quantitative estimate of drug-likeness (QED) is 0.549. The van der Waals surface area contributed by atoms with Crippen LogP contribution in [0.4, 0.5) is 0 Å². The van der Waals surface area contributed by atoms with Crippen LogP contribution in [0.25, 0.3) is 0 Å². The summed E-state index contributed by atoms with van der Waals surface area (Å²) in [5.41, 5.74) is 4.64. The minimum absolute atomic E-state index is 0.0244. The Hall–Kier alpha value is -2.12. The third kappa shape index (κ3) is 2.58. The van der Waals surface area contributed by atoms with Crippen molar-refractivity contribution < 1.29 is 29.6 Å². The third-order valence-electron chi connectivity index (χ3n) is 2.39. The standard InChI is InChI=1S/C11H13NO6/c1-18-9-5(7(13)8(14)10(12)15)3-2-4-6(9)11(16)17/h2-4,7-8,13-14H,1H3,(H2,12,15)(H,16,17). The van der Waals surface area contributed by atoms with E-state index in [-0.39, 0.29) is 16.9 Å². The highest BCUT2D eigenvalue weighted by Crippen LogP contribution is 2.30. The molecule has 0 radical (unpaired) electrons. The predicted molar refractivity (Wildman–Crippen MR) is 60.1 cm³/mol. The first kappa shape index (κ1) is 13.9. The van der Waals surface area contributed by atoms with E-state index >= 15 is 0 Å². The number of para-hydroxylation sites is 1. The van der Waals surface area contributed by atoms with Crippen molar-refractivity contribution in [1.29, 1.82) is 0 Å². The van der Waals surface area contributed by atoms with Crippen molar-refractivity contribution in [2.75, 3.05) is 7.11 Å². The summed E-state index contributed by atoms with van der Waals surface area (Å²) in [6, 6.07) is 3.97. The van der Waals surface area contributed by atoms with Crippen LogP contribution >= 0.6 is 0 Å². The highest BCUT2D eigenvalue weighted by Gasteiger charge is 2.28. The minimum atomic E-state index is -1.84. The van der Waals surface area contributed by atoms with Gasteiger partial charge in [0.25, 0.3) is 0 Å². The predicted octanol–water partition coefficient (Wildman–Crippen LogP) is -0.727. The number of aliphatic hydroxyl groups is 2. The molecule has 2 unspecified atom stereocenters. The number of carbonyl (C=O) groups excluding carboxylic acids is 1.